The van der Waals surface area contributed by atoms with Crippen LogP contribution in [0.25, 0.3) is 0 Å². The first-order chi connectivity index (χ1) is 8.96. The normalized spacial score (nSPS) is 18.6. The summed E-state index contributed by atoms with van der Waals surface area (Å²) in [6.45, 7) is 0. The van der Waals surface area contributed by atoms with Crippen LogP contribution in [-0.4, -0.2) is 19.5 Å². The first-order valence-electron chi connectivity index (χ1n) is 6.46. The summed E-state index contributed by atoms with van der Waals surface area (Å²) >= 11 is 9.54. The van der Waals surface area contributed by atoms with Crippen LogP contribution in [0.1, 0.15) is 31.2 Å². The summed E-state index contributed by atoms with van der Waals surface area (Å²) in [5, 5.41) is 1.30. The van der Waals surface area contributed by atoms with Gasteiger partial charge in [0.15, 0.2) is 9.84 Å². The molecule has 1 aromatic rings. The van der Waals surface area contributed by atoms with Crippen LogP contribution in [-0.2, 0) is 15.6 Å². The van der Waals surface area contributed by atoms with E-state index in [4.69, 9.17) is 11.6 Å². The summed E-state index contributed by atoms with van der Waals surface area (Å²) in [5.41, 5.74) is 0.631. The molecule has 5 heteroatoms. The molecule has 1 aromatic carbocycles. The molecule has 19 heavy (non-hydrogen) atoms. The van der Waals surface area contributed by atoms with Crippen molar-refractivity contribution in [3.63, 3.8) is 0 Å². The summed E-state index contributed by atoms with van der Waals surface area (Å²) in [6.07, 6.45) is 4.26. The lowest BCUT2D eigenvalue weighted by molar-refractivity contribution is 0.394. The average Bonchev–Trinajstić information content (AvgIpc) is 2.80. The fraction of sp³-hybridized carbons (Fsp3) is 0.571. The third-order valence-corrected chi connectivity index (χ3v) is 7.17. The summed E-state index contributed by atoms with van der Waals surface area (Å²) in [7, 11) is -3.13. The minimum Gasteiger partial charge on any atom is -0.228 e. The molecule has 0 unspecified atom stereocenters. The molecule has 0 spiro atoms. The van der Waals surface area contributed by atoms with Crippen molar-refractivity contribution in [3.8, 4) is 0 Å². The second kappa shape index (κ2) is 6.15. The van der Waals surface area contributed by atoms with E-state index < -0.39 is 9.84 Å². The van der Waals surface area contributed by atoms with Gasteiger partial charge in [-0.05, 0) is 29.9 Å². The van der Waals surface area contributed by atoms with E-state index in [2.05, 4.69) is 15.9 Å². The molecule has 1 fully saturated rings. The Labute approximate surface area is 128 Å². The maximum absolute atomic E-state index is 12.4. The molecule has 1 aliphatic rings. The monoisotopic (exact) mass is 364 g/mol. The highest BCUT2D eigenvalue weighted by Gasteiger charge is 2.37. The lowest BCUT2D eigenvalue weighted by Gasteiger charge is -2.26. The van der Waals surface area contributed by atoms with Gasteiger partial charge in [0.25, 0.3) is 0 Å². The first kappa shape index (κ1) is 15.3. The Balaban J connectivity index is 2.13. The lowest BCUT2D eigenvalue weighted by atomic mass is 9.92. The van der Waals surface area contributed by atoms with Crippen LogP contribution >= 0.6 is 27.5 Å². The number of alkyl halides is 1. The highest BCUT2D eigenvalue weighted by atomic mass is 79.9. The van der Waals surface area contributed by atoms with Crippen LogP contribution < -0.4 is 0 Å². The van der Waals surface area contributed by atoms with Gasteiger partial charge in [-0.1, -0.05) is 58.6 Å². The fourth-order valence-electron chi connectivity index (χ4n) is 2.81. The summed E-state index contributed by atoms with van der Waals surface area (Å²) in [5.74, 6) is 0.303. The van der Waals surface area contributed by atoms with E-state index >= 15 is 0 Å². The molecule has 2 rings (SSSR count). The van der Waals surface area contributed by atoms with Gasteiger partial charge in [-0.3, -0.25) is 0 Å². The van der Waals surface area contributed by atoms with Crippen molar-refractivity contribution in [3.05, 3.63) is 34.9 Å². The smallest absolute Gasteiger partial charge is 0.155 e. The molecule has 106 valence electrons. The third-order valence-electron chi connectivity index (χ3n) is 3.81. The first-order valence-corrected chi connectivity index (χ1v) is 9.78. The second-order valence-corrected chi connectivity index (χ2v) is 8.50. The van der Waals surface area contributed by atoms with E-state index in [1.807, 2.05) is 12.1 Å². The molecule has 1 aliphatic carbocycles. The zero-order chi connectivity index (χ0) is 13.9. The van der Waals surface area contributed by atoms with Crippen molar-refractivity contribution in [1.82, 2.24) is 0 Å². The van der Waals surface area contributed by atoms with Gasteiger partial charge < -0.3 is 0 Å². The Morgan fingerprint density at radius 2 is 1.84 bits per heavy atom. The number of hydrogen-bond donors (Lipinski definition) is 0. The molecule has 0 saturated heterocycles. The van der Waals surface area contributed by atoms with Crippen LogP contribution in [0.15, 0.2) is 24.3 Å². The molecule has 0 bridgehead atoms. The minimum atomic E-state index is -3.13. The largest absolute Gasteiger partial charge is 0.228 e. The highest BCUT2D eigenvalue weighted by molar-refractivity contribution is 9.09. The molecule has 0 N–H and O–H groups in total. The van der Waals surface area contributed by atoms with E-state index in [0.29, 0.717) is 10.6 Å². The zero-order valence-corrected chi connectivity index (χ0v) is 13.9. The van der Waals surface area contributed by atoms with Gasteiger partial charge in [-0.2, -0.15) is 0 Å². The quantitative estimate of drug-likeness (QED) is 0.732. The van der Waals surface area contributed by atoms with Gasteiger partial charge in [0, 0.05) is 10.4 Å². The SMILES string of the molecule is O=S(=O)(Cc1ccccc1Cl)CC1(CBr)CCCC1. The number of sulfone groups is 1. The van der Waals surface area contributed by atoms with Gasteiger partial charge in [-0.25, -0.2) is 8.42 Å². The van der Waals surface area contributed by atoms with Gasteiger partial charge in [0.1, 0.15) is 0 Å². The van der Waals surface area contributed by atoms with Crippen molar-refractivity contribution < 1.29 is 8.42 Å². The third kappa shape index (κ3) is 3.96. The summed E-state index contributed by atoms with van der Waals surface area (Å²) in [4.78, 5) is 0. The van der Waals surface area contributed by atoms with Crippen molar-refractivity contribution in [2.75, 3.05) is 11.1 Å². The molecule has 0 heterocycles. The van der Waals surface area contributed by atoms with E-state index in [1.165, 1.54) is 0 Å². The highest BCUT2D eigenvalue weighted by Crippen LogP contribution is 2.41. The molecule has 0 atom stereocenters. The van der Waals surface area contributed by atoms with Crippen molar-refractivity contribution in [2.45, 2.75) is 31.4 Å². The molecule has 0 amide bonds. The molecular formula is C14H18BrClO2S. The van der Waals surface area contributed by atoms with Crippen LogP contribution in [0.5, 0.6) is 0 Å². The number of benzene rings is 1. The summed E-state index contributed by atoms with van der Waals surface area (Å²) < 4.78 is 24.8. The van der Waals surface area contributed by atoms with E-state index in [-0.39, 0.29) is 16.9 Å². The maximum atomic E-state index is 12.4. The van der Waals surface area contributed by atoms with E-state index in [1.54, 1.807) is 12.1 Å². The average molecular weight is 366 g/mol. The molecule has 2 nitrogen and oxygen atoms in total. The fourth-order valence-corrected chi connectivity index (χ4v) is 6.27. The Bertz CT molecular complexity index is 536. The van der Waals surface area contributed by atoms with Crippen LogP contribution in [0.2, 0.25) is 5.02 Å². The molecule has 1 saturated carbocycles. The molecule has 0 radical (unpaired) electrons. The van der Waals surface area contributed by atoms with Crippen LogP contribution in [0.3, 0.4) is 0 Å². The zero-order valence-electron chi connectivity index (χ0n) is 10.7. The lowest BCUT2D eigenvalue weighted by Crippen LogP contribution is -2.29. The van der Waals surface area contributed by atoms with Crippen molar-refractivity contribution in [2.24, 2.45) is 5.41 Å². The number of halogens is 2. The van der Waals surface area contributed by atoms with E-state index in [9.17, 15) is 8.42 Å². The standard InChI is InChI=1S/C14H18BrClO2S/c15-10-14(7-3-4-8-14)11-19(17,18)9-12-5-1-2-6-13(12)16/h1-2,5-6H,3-4,7-11H2. The Hall–Kier alpha value is -0.0600. The number of hydrogen-bond acceptors (Lipinski definition) is 2. The van der Waals surface area contributed by atoms with E-state index in [0.717, 1.165) is 31.0 Å². The van der Waals surface area contributed by atoms with Crippen LogP contribution in [0, 0.1) is 5.41 Å². The molecule has 0 aromatic heterocycles. The second-order valence-electron chi connectivity index (χ2n) is 5.46. The Kier molecular flexibility index (Phi) is 4.96. The molecule has 0 aliphatic heterocycles. The van der Waals surface area contributed by atoms with Crippen LogP contribution in [0.4, 0.5) is 0 Å². The predicted octanol–water partition coefficient (Wildman–Crippen LogP) is 4.21. The van der Waals surface area contributed by atoms with Gasteiger partial charge in [-0.15, -0.1) is 0 Å². The van der Waals surface area contributed by atoms with Gasteiger partial charge >= 0.3 is 0 Å². The Morgan fingerprint density at radius 1 is 1.21 bits per heavy atom. The maximum Gasteiger partial charge on any atom is 0.155 e. The van der Waals surface area contributed by atoms with Gasteiger partial charge in [0.05, 0.1) is 11.5 Å². The topological polar surface area (TPSA) is 34.1 Å². The van der Waals surface area contributed by atoms with Crippen molar-refractivity contribution >= 4 is 37.4 Å². The summed E-state index contributed by atoms with van der Waals surface area (Å²) in [6, 6.07) is 7.17. The molecular weight excluding hydrogens is 348 g/mol. The number of rotatable bonds is 5. The predicted molar refractivity (Wildman–Crippen MR) is 83.6 cm³/mol. The minimum absolute atomic E-state index is 0.0431. The van der Waals surface area contributed by atoms with Gasteiger partial charge in [0.2, 0.25) is 0 Å². The van der Waals surface area contributed by atoms with Crippen molar-refractivity contribution in [1.29, 1.82) is 0 Å². The Morgan fingerprint density at radius 3 is 2.42 bits per heavy atom.